The van der Waals surface area contributed by atoms with E-state index < -0.39 is 54.5 Å². The van der Waals surface area contributed by atoms with Gasteiger partial charge in [0.15, 0.2) is 6.10 Å². The van der Waals surface area contributed by atoms with E-state index >= 15 is 0 Å². The van der Waals surface area contributed by atoms with Crippen molar-refractivity contribution in [2.24, 2.45) is 0 Å². The van der Waals surface area contributed by atoms with Crippen LogP contribution in [0.15, 0.2) is 47.5 Å². The summed E-state index contributed by atoms with van der Waals surface area (Å²) in [7, 11) is 0. The summed E-state index contributed by atoms with van der Waals surface area (Å²) in [6, 6.07) is 7.50. The van der Waals surface area contributed by atoms with Crippen LogP contribution in [0.1, 0.15) is 38.0 Å². The second-order valence-corrected chi connectivity index (χ2v) is 9.96. The van der Waals surface area contributed by atoms with Gasteiger partial charge in [-0.15, -0.1) is 0 Å². The molecule has 0 radical (unpaired) electrons. The minimum Gasteiger partial charge on any atom is -0.394 e. The molecule has 4 rings (SSSR count). The summed E-state index contributed by atoms with van der Waals surface area (Å²) in [6.45, 7) is 0.878. The number of nitrogens with zero attached hydrogens (tertiary/aromatic N) is 2. The van der Waals surface area contributed by atoms with Crippen molar-refractivity contribution in [3.63, 3.8) is 0 Å². The molecule has 15 heteroatoms. The van der Waals surface area contributed by atoms with E-state index in [9.17, 15) is 38.2 Å². The zero-order valence-corrected chi connectivity index (χ0v) is 22.7. The van der Waals surface area contributed by atoms with Gasteiger partial charge >= 0.3 is 11.6 Å². The van der Waals surface area contributed by atoms with Crippen LogP contribution in [0.25, 0.3) is 10.9 Å². The Morgan fingerprint density at radius 2 is 1.98 bits per heavy atom. The molecule has 6 N–H and O–H groups in total. The van der Waals surface area contributed by atoms with Crippen LogP contribution in [-0.2, 0) is 25.5 Å². The summed E-state index contributed by atoms with van der Waals surface area (Å²) in [5.74, 6) is -5.45. The lowest BCUT2D eigenvalue weighted by atomic mass is 10.1. The molecule has 0 saturated carbocycles. The molecule has 1 aliphatic heterocycles. The van der Waals surface area contributed by atoms with Gasteiger partial charge < -0.3 is 35.9 Å². The second kappa shape index (κ2) is 13.2. The Bertz CT molecular complexity index is 1490. The van der Waals surface area contributed by atoms with Crippen LogP contribution in [0.4, 0.5) is 14.6 Å². The number of carbonyl (C=O) groups excluding carboxylic acids is 3. The number of anilines is 1. The predicted octanol–water partition coefficient (Wildman–Crippen LogP) is 0.583. The molecule has 3 aromatic rings. The van der Waals surface area contributed by atoms with Gasteiger partial charge in [-0.25, -0.2) is 4.79 Å². The van der Waals surface area contributed by atoms with Crippen LogP contribution in [0, 0.1) is 0 Å². The van der Waals surface area contributed by atoms with E-state index in [1.807, 2.05) is 24.3 Å². The Morgan fingerprint density at radius 1 is 1.21 bits per heavy atom. The zero-order valence-electron chi connectivity index (χ0n) is 22.7. The van der Waals surface area contributed by atoms with Gasteiger partial charge in [0.25, 0.3) is 0 Å². The van der Waals surface area contributed by atoms with Gasteiger partial charge in [0.1, 0.15) is 18.0 Å². The summed E-state index contributed by atoms with van der Waals surface area (Å²) < 4.78 is 34.4. The number of benzene rings is 1. The molecule has 4 atom stereocenters. The highest BCUT2D eigenvalue weighted by Gasteiger charge is 2.59. The molecule has 0 aliphatic carbocycles. The molecule has 42 heavy (non-hydrogen) atoms. The number of halogens is 2. The molecule has 226 valence electrons. The first-order valence-corrected chi connectivity index (χ1v) is 13.3. The zero-order chi connectivity index (χ0) is 30.4. The van der Waals surface area contributed by atoms with Crippen molar-refractivity contribution in [3.05, 3.63) is 58.8 Å². The van der Waals surface area contributed by atoms with Gasteiger partial charge in [-0.2, -0.15) is 13.8 Å². The average Bonchev–Trinajstić information content (AvgIpc) is 3.45. The molecular formula is C27H32F2N6O7. The van der Waals surface area contributed by atoms with Crippen molar-refractivity contribution >= 4 is 34.4 Å². The summed E-state index contributed by atoms with van der Waals surface area (Å²) >= 11 is 0. The number of aliphatic hydroxyl groups excluding tert-OH is 2. The smallest absolute Gasteiger partial charge is 0.351 e. The molecule has 3 heterocycles. The van der Waals surface area contributed by atoms with Crippen LogP contribution in [0.3, 0.4) is 0 Å². The number of hydrogen-bond acceptors (Lipinski definition) is 8. The Morgan fingerprint density at radius 3 is 2.67 bits per heavy atom. The molecule has 0 spiro atoms. The quantitative estimate of drug-likeness (QED) is 0.165. The van der Waals surface area contributed by atoms with Gasteiger partial charge in [0, 0.05) is 36.8 Å². The number of fused-ring (bicyclic) bond motifs is 1. The van der Waals surface area contributed by atoms with Crippen LogP contribution in [0.5, 0.6) is 0 Å². The van der Waals surface area contributed by atoms with Gasteiger partial charge in [-0.05, 0) is 37.0 Å². The van der Waals surface area contributed by atoms with Gasteiger partial charge in [0.05, 0.1) is 13.0 Å². The van der Waals surface area contributed by atoms with Crippen molar-refractivity contribution in [1.82, 2.24) is 25.2 Å². The number of aromatic amines is 1. The topological polar surface area (TPSA) is 188 Å². The number of aliphatic hydroxyl groups is 2. The SMILES string of the molecule is CC(=O)NCCCC[C@H](NC(=O)Cc1c[nH]c2ccccc12)C(=O)Nc1ccn([C@@H]2O[C@H](CO)[C@@H](O)C2(F)F)c(=O)n1. The number of rotatable bonds is 12. The van der Waals surface area contributed by atoms with Gasteiger partial charge in [-0.1, -0.05) is 18.2 Å². The number of H-pyrrole nitrogens is 1. The van der Waals surface area contributed by atoms with Gasteiger partial charge in [0.2, 0.25) is 23.9 Å². The highest BCUT2D eigenvalue weighted by molar-refractivity contribution is 5.97. The Labute approximate surface area is 238 Å². The van der Waals surface area contributed by atoms with E-state index in [-0.39, 0.29) is 24.6 Å². The minimum absolute atomic E-state index is 0.00966. The molecular weight excluding hydrogens is 558 g/mol. The highest BCUT2D eigenvalue weighted by Crippen LogP contribution is 2.42. The number of carbonyl (C=O) groups is 3. The minimum atomic E-state index is -3.89. The average molecular weight is 591 g/mol. The van der Waals surface area contributed by atoms with Crippen LogP contribution >= 0.6 is 0 Å². The standard InChI is InChI=1S/C27H32F2N6O7/c1-15(37)30-10-5-4-8-19(32-22(38)12-16-13-31-18-7-3-2-6-17(16)18)24(40)33-21-9-11-35(26(41)34-21)25-27(28,29)23(39)20(14-36)42-25/h2-3,6-7,9,11,13,19-20,23,25,31,36,39H,4-5,8,10,12,14H2,1H3,(H,30,37)(H,32,38)(H,33,34,40,41)/t19-,20+,23+,25+/m0/s1. The molecule has 1 fully saturated rings. The number of aromatic nitrogens is 3. The molecule has 13 nitrogen and oxygen atoms in total. The number of alkyl halides is 2. The maximum Gasteiger partial charge on any atom is 0.351 e. The van der Waals surface area contributed by atoms with E-state index in [4.69, 9.17) is 4.74 Å². The van der Waals surface area contributed by atoms with Gasteiger partial charge in [-0.3, -0.25) is 19.0 Å². The van der Waals surface area contributed by atoms with Crippen molar-refractivity contribution in [2.75, 3.05) is 18.5 Å². The van der Waals surface area contributed by atoms with Crippen LogP contribution in [-0.4, -0.2) is 79.8 Å². The third-order valence-electron chi connectivity index (χ3n) is 6.86. The van der Waals surface area contributed by atoms with E-state index in [2.05, 4.69) is 25.9 Å². The van der Waals surface area contributed by atoms with Crippen LogP contribution in [0.2, 0.25) is 0 Å². The molecule has 1 aliphatic rings. The summed E-state index contributed by atoms with van der Waals surface area (Å²) in [5, 5.41) is 27.6. The monoisotopic (exact) mass is 590 g/mol. The predicted molar refractivity (Wildman–Crippen MR) is 146 cm³/mol. The normalized spacial score (nSPS) is 20.3. The number of nitrogens with one attached hydrogen (secondary N) is 4. The number of hydrogen-bond donors (Lipinski definition) is 6. The molecule has 2 aromatic heterocycles. The van der Waals surface area contributed by atoms with Crippen molar-refractivity contribution in [1.29, 1.82) is 0 Å². The lowest BCUT2D eigenvalue weighted by molar-refractivity contribution is -0.141. The summed E-state index contributed by atoms with van der Waals surface area (Å²) in [4.78, 5) is 56.5. The Hall–Kier alpha value is -4.21. The van der Waals surface area contributed by atoms with E-state index in [1.54, 1.807) is 6.20 Å². The van der Waals surface area contributed by atoms with E-state index in [0.29, 0.717) is 24.0 Å². The molecule has 0 unspecified atom stereocenters. The maximum absolute atomic E-state index is 14.5. The molecule has 3 amide bonds. The number of para-hydroxylation sites is 1. The number of ether oxygens (including phenoxy) is 1. The first-order chi connectivity index (χ1) is 20.0. The molecule has 1 saturated heterocycles. The molecule has 1 aromatic carbocycles. The van der Waals surface area contributed by atoms with Crippen LogP contribution < -0.4 is 21.6 Å². The third kappa shape index (κ3) is 6.98. The van der Waals surface area contributed by atoms with E-state index in [1.165, 1.54) is 6.92 Å². The summed E-state index contributed by atoms with van der Waals surface area (Å²) in [5.41, 5.74) is 0.395. The Kier molecular flexibility index (Phi) is 9.65. The van der Waals surface area contributed by atoms with Crippen molar-refractivity contribution in [2.45, 2.75) is 63.0 Å². The van der Waals surface area contributed by atoms with E-state index in [0.717, 1.165) is 28.7 Å². The lowest BCUT2D eigenvalue weighted by Gasteiger charge is -2.21. The lowest BCUT2D eigenvalue weighted by Crippen LogP contribution is -2.45. The number of amides is 3. The van der Waals surface area contributed by atoms with Crippen molar-refractivity contribution < 1.29 is 38.1 Å². The number of unbranched alkanes of at least 4 members (excludes halogenated alkanes) is 1. The fraction of sp³-hybridized carbons (Fsp3) is 0.444. The third-order valence-corrected chi connectivity index (χ3v) is 6.86. The molecule has 0 bridgehead atoms. The maximum atomic E-state index is 14.5. The largest absolute Gasteiger partial charge is 0.394 e. The van der Waals surface area contributed by atoms with Crippen molar-refractivity contribution in [3.8, 4) is 0 Å². The summed E-state index contributed by atoms with van der Waals surface area (Å²) in [6.07, 6.45) is -2.33. The Balaban J connectivity index is 1.45. The fourth-order valence-electron chi connectivity index (χ4n) is 4.70. The highest BCUT2D eigenvalue weighted by atomic mass is 19.3. The fourth-order valence-corrected chi connectivity index (χ4v) is 4.70. The first kappa shape index (κ1) is 30.7. The second-order valence-electron chi connectivity index (χ2n) is 9.96. The first-order valence-electron chi connectivity index (χ1n) is 13.3.